The Hall–Kier alpha value is -3.75. The molecule has 35 heavy (non-hydrogen) atoms. The molecule has 12 heteroatoms. The van der Waals surface area contributed by atoms with E-state index in [1.54, 1.807) is 17.2 Å². The molecule has 1 N–H and O–H groups in total. The molecule has 1 saturated heterocycles. The van der Waals surface area contributed by atoms with Crippen LogP contribution in [-0.4, -0.2) is 59.2 Å². The minimum atomic E-state index is -2.86. The van der Waals surface area contributed by atoms with Crippen LogP contribution in [0.15, 0.2) is 36.8 Å². The molecule has 5 rings (SSSR count). The fourth-order valence-corrected chi connectivity index (χ4v) is 4.48. The average Bonchev–Trinajstić information content (AvgIpc) is 3.45. The number of nitriles is 1. The van der Waals surface area contributed by atoms with Crippen molar-refractivity contribution >= 4 is 17.1 Å². The third-order valence-corrected chi connectivity index (χ3v) is 6.34. The first-order valence-corrected chi connectivity index (χ1v) is 11.3. The normalized spacial score (nSPS) is 16.6. The number of aromatic nitrogens is 6. The fraction of sp³-hybridized carbons (Fsp3) is 0.348. The molecule has 5 heterocycles. The number of hydrogen-bond acceptors (Lipinski definition) is 8. The van der Waals surface area contributed by atoms with E-state index in [0.29, 0.717) is 29.9 Å². The molecule has 4 aromatic heterocycles. The summed E-state index contributed by atoms with van der Waals surface area (Å²) in [6, 6.07) is 4.05. The van der Waals surface area contributed by atoms with Gasteiger partial charge in [0.15, 0.2) is 12.3 Å². The second-order valence-electron chi connectivity index (χ2n) is 8.19. The SMILES string of the molecule is [2H]C([2H])(O)C(Oc1cc(-c2nnn(C3CCN(C#N)CC3)c2C)cn2ncc(Cl)c12)c1ccc(F)cn1. The molecule has 1 aliphatic rings. The lowest BCUT2D eigenvalue weighted by Gasteiger charge is -2.28. The van der Waals surface area contributed by atoms with Gasteiger partial charge in [0.2, 0.25) is 0 Å². The van der Waals surface area contributed by atoms with Gasteiger partial charge < -0.3 is 14.7 Å². The van der Waals surface area contributed by atoms with Gasteiger partial charge in [-0.2, -0.15) is 10.4 Å². The van der Waals surface area contributed by atoms with E-state index in [0.717, 1.165) is 30.8 Å². The summed E-state index contributed by atoms with van der Waals surface area (Å²) in [5.41, 5.74) is 2.26. The maximum atomic E-state index is 13.4. The number of hydrogen-bond donors (Lipinski definition) is 1. The number of ether oxygens (including phenoxy) is 1. The number of likely N-dealkylation sites (tertiary alicyclic amines) is 1. The van der Waals surface area contributed by atoms with Crippen LogP contribution in [0.3, 0.4) is 0 Å². The maximum absolute atomic E-state index is 13.4. The Balaban J connectivity index is 1.54. The first-order valence-electron chi connectivity index (χ1n) is 11.9. The van der Waals surface area contributed by atoms with Crippen molar-refractivity contribution < 1.29 is 17.0 Å². The Kier molecular flexibility index (Phi) is 5.58. The molecule has 180 valence electrons. The number of halogens is 2. The smallest absolute Gasteiger partial charge is 0.179 e. The molecule has 0 aliphatic carbocycles. The Morgan fingerprint density at radius 3 is 2.86 bits per heavy atom. The summed E-state index contributed by atoms with van der Waals surface area (Å²) in [6.07, 6.45) is 6.13. The Morgan fingerprint density at radius 2 is 2.17 bits per heavy atom. The minimum absolute atomic E-state index is 0.0149. The van der Waals surface area contributed by atoms with Gasteiger partial charge in [0.25, 0.3) is 0 Å². The van der Waals surface area contributed by atoms with Crippen LogP contribution in [0.5, 0.6) is 5.75 Å². The number of nitrogens with zero attached hydrogens (tertiary/aromatic N) is 8. The molecule has 1 fully saturated rings. The first-order chi connectivity index (χ1) is 17.7. The highest BCUT2D eigenvalue weighted by Crippen LogP contribution is 2.35. The van der Waals surface area contributed by atoms with Gasteiger partial charge in [0.1, 0.15) is 22.8 Å². The van der Waals surface area contributed by atoms with Gasteiger partial charge in [0, 0.05) is 24.8 Å². The van der Waals surface area contributed by atoms with E-state index < -0.39 is 18.5 Å². The largest absolute Gasteiger partial charge is 0.479 e. The Morgan fingerprint density at radius 1 is 1.37 bits per heavy atom. The molecule has 0 bridgehead atoms. The highest BCUT2D eigenvalue weighted by Gasteiger charge is 2.25. The van der Waals surface area contributed by atoms with Gasteiger partial charge in [-0.3, -0.25) is 4.98 Å². The van der Waals surface area contributed by atoms with Crippen molar-refractivity contribution in [1.82, 2.24) is 34.5 Å². The van der Waals surface area contributed by atoms with E-state index >= 15 is 0 Å². The summed E-state index contributed by atoms with van der Waals surface area (Å²) in [5.74, 6) is -0.494. The predicted molar refractivity (Wildman–Crippen MR) is 124 cm³/mol. The number of rotatable bonds is 6. The second kappa shape index (κ2) is 9.48. The summed E-state index contributed by atoms with van der Waals surface area (Å²) >= 11 is 6.36. The molecular formula is C23H22ClFN8O2. The van der Waals surface area contributed by atoms with Crippen LogP contribution in [0.1, 0.15) is 39.1 Å². The zero-order chi connectivity index (χ0) is 26.3. The van der Waals surface area contributed by atoms with Crippen molar-refractivity contribution in [2.45, 2.75) is 31.9 Å². The van der Waals surface area contributed by atoms with Crippen molar-refractivity contribution in [3.05, 3.63) is 59.0 Å². The van der Waals surface area contributed by atoms with Crippen LogP contribution >= 0.6 is 11.6 Å². The fourth-order valence-electron chi connectivity index (χ4n) is 4.25. The van der Waals surface area contributed by atoms with Gasteiger partial charge in [-0.05, 0) is 38.0 Å². The van der Waals surface area contributed by atoms with Crippen molar-refractivity contribution in [3.63, 3.8) is 0 Å². The predicted octanol–water partition coefficient (Wildman–Crippen LogP) is 3.32. The van der Waals surface area contributed by atoms with Crippen molar-refractivity contribution in [2.75, 3.05) is 19.6 Å². The molecule has 0 saturated carbocycles. The third-order valence-electron chi connectivity index (χ3n) is 6.07. The van der Waals surface area contributed by atoms with E-state index in [9.17, 15) is 9.50 Å². The molecule has 4 aromatic rings. The van der Waals surface area contributed by atoms with Gasteiger partial charge in [-0.15, -0.1) is 5.10 Å². The summed E-state index contributed by atoms with van der Waals surface area (Å²) in [6.45, 7) is 0.326. The lowest BCUT2D eigenvalue weighted by molar-refractivity contribution is 0.114. The Labute approximate surface area is 207 Å². The van der Waals surface area contributed by atoms with Crippen LogP contribution in [-0.2, 0) is 0 Å². The summed E-state index contributed by atoms with van der Waals surface area (Å²) in [4.78, 5) is 5.61. The van der Waals surface area contributed by atoms with E-state index in [1.807, 2.05) is 11.6 Å². The van der Waals surface area contributed by atoms with E-state index in [-0.39, 0.29) is 22.5 Å². The van der Waals surface area contributed by atoms with Crippen molar-refractivity contribution in [1.29, 1.82) is 5.26 Å². The van der Waals surface area contributed by atoms with Crippen molar-refractivity contribution in [3.8, 4) is 23.2 Å². The zero-order valence-corrected chi connectivity index (χ0v) is 19.4. The van der Waals surface area contributed by atoms with E-state index in [4.69, 9.17) is 24.3 Å². The molecule has 1 aliphatic heterocycles. The lowest BCUT2D eigenvalue weighted by atomic mass is 10.0. The maximum Gasteiger partial charge on any atom is 0.179 e. The summed E-state index contributed by atoms with van der Waals surface area (Å²) in [5, 5.41) is 32.6. The molecule has 1 unspecified atom stereocenters. The first kappa shape index (κ1) is 20.6. The topological polar surface area (TPSA) is 117 Å². The van der Waals surface area contributed by atoms with Crippen LogP contribution < -0.4 is 4.74 Å². The highest BCUT2D eigenvalue weighted by molar-refractivity contribution is 6.34. The molecule has 1 atom stereocenters. The lowest BCUT2D eigenvalue weighted by Crippen LogP contribution is -2.31. The number of pyridine rings is 2. The van der Waals surface area contributed by atoms with Gasteiger partial charge >= 0.3 is 0 Å². The molecule has 0 aromatic carbocycles. The quantitative estimate of drug-likeness (QED) is 0.402. The number of piperidine rings is 1. The monoisotopic (exact) mass is 498 g/mol. The summed E-state index contributed by atoms with van der Waals surface area (Å²) in [7, 11) is 0. The zero-order valence-electron chi connectivity index (χ0n) is 20.6. The van der Waals surface area contributed by atoms with Crippen LogP contribution in [0.25, 0.3) is 16.8 Å². The third kappa shape index (κ3) is 4.38. The standard InChI is InChI=1S/C23H22ClFN8O2/c1-14-22(29-30-33(14)17-4-6-31(13-26)7-5-17)15-8-20(23-18(24)10-28-32(23)11-15)35-21(12-34)19-3-2-16(25)9-27-19/h2-3,8-11,17,21,34H,4-7,12H2,1H3/i12D2. The number of aliphatic hydroxyl groups is 1. The van der Waals surface area contributed by atoms with Crippen LogP contribution in [0.2, 0.25) is 5.02 Å². The van der Waals surface area contributed by atoms with Gasteiger partial charge in [0.05, 0.1) is 44.1 Å². The molecule has 10 nitrogen and oxygen atoms in total. The number of fused-ring (bicyclic) bond motifs is 1. The molecule has 0 spiro atoms. The van der Waals surface area contributed by atoms with Gasteiger partial charge in [-0.1, -0.05) is 16.8 Å². The minimum Gasteiger partial charge on any atom is -0.479 e. The molecular weight excluding hydrogens is 475 g/mol. The van der Waals surface area contributed by atoms with E-state index in [1.165, 1.54) is 16.8 Å². The molecule has 0 amide bonds. The summed E-state index contributed by atoms with van der Waals surface area (Å²) < 4.78 is 38.5. The van der Waals surface area contributed by atoms with Crippen LogP contribution in [0, 0.1) is 24.2 Å². The van der Waals surface area contributed by atoms with Crippen LogP contribution in [0.4, 0.5) is 4.39 Å². The van der Waals surface area contributed by atoms with Gasteiger partial charge in [-0.25, -0.2) is 13.6 Å². The van der Waals surface area contributed by atoms with Crippen molar-refractivity contribution in [2.24, 2.45) is 0 Å². The highest BCUT2D eigenvalue weighted by atomic mass is 35.5. The average molecular weight is 499 g/mol. The van der Waals surface area contributed by atoms with E-state index in [2.05, 4.69) is 26.6 Å². The Bertz CT molecular complexity index is 1470. The second-order valence-corrected chi connectivity index (χ2v) is 8.60. The molecule has 0 radical (unpaired) electrons.